The standard InChI is InChI=1S/C29H31F3N2O4.C4H4O4/c1-18-24(28(37)38-3)25(21-8-10-22(11-9-21)29(30,31)32)26(27(35)36)23(33(18)2)14-17-34-15-12-19-6-4-5-7-20(19)13-16-34;5-3(6)1-2-4(7)8/h4-11,25H,12-17H2,1-3H3,(H,35,36);1-2H,(H,5,6)(H,7,8)/b;2-1+. The Morgan fingerprint density at radius 3 is 1.85 bits per heavy atom. The van der Waals surface area contributed by atoms with E-state index >= 15 is 0 Å². The summed E-state index contributed by atoms with van der Waals surface area (Å²) in [6.45, 7) is 3.97. The highest BCUT2D eigenvalue weighted by Gasteiger charge is 2.40. The molecule has 0 aliphatic carbocycles. The average Bonchev–Trinajstić information content (AvgIpc) is 3.22. The molecule has 0 saturated carbocycles. The number of esters is 1. The summed E-state index contributed by atoms with van der Waals surface area (Å²) in [6.07, 6.45) is -1.22. The fourth-order valence-electron chi connectivity index (χ4n) is 5.55. The van der Waals surface area contributed by atoms with Gasteiger partial charge in [-0.1, -0.05) is 36.4 Å². The van der Waals surface area contributed by atoms with Crippen molar-refractivity contribution < 1.29 is 52.4 Å². The first-order valence-electron chi connectivity index (χ1n) is 14.2. The molecule has 1 atom stereocenters. The fraction of sp³-hybridized carbons (Fsp3) is 0.333. The van der Waals surface area contributed by atoms with Crippen molar-refractivity contribution in [2.24, 2.45) is 0 Å². The molecule has 0 saturated heterocycles. The van der Waals surface area contributed by atoms with Crippen molar-refractivity contribution in [3.05, 3.63) is 105 Å². The molecule has 2 aromatic carbocycles. The summed E-state index contributed by atoms with van der Waals surface area (Å²) in [5, 5.41) is 26.0. The fourth-order valence-corrected chi connectivity index (χ4v) is 5.55. The lowest BCUT2D eigenvalue weighted by molar-refractivity contribution is -0.138. The molecular weight excluding hydrogens is 609 g/mol. The zero-order valence-corrected chi connectivity index (χ0v) is 25.5. The summed E-state index contributed by atoms with van der Waals surface area (Å²) in [5.74, 6) is -5.53. The maximum absolute atomic E-state index is 13.2. The van der Waals surface area contributed by atoms with E-state index in [0.717, 1.165) is 38.1 Å². The van der Waals surface area contributed by atoms with Crippen LogP contribution in [0.4, 0.5) is 13.2 Å². The third kappa shape index (κ3) is 8.84. The van der Waals surface area contributed by atoms with Crippen molar-refractivity contribution in [2.75, 3.05) is 33.8 Å². The molecule has 10 nitrogen and oxygen atoms in total. The van der Waals surface area contributed by atoms with Gasteiger partial charge in [0.1, 0.15) is 0 Å². The van der Waals surface area contributed by atoms with Crippen LogP contribution >= 0.6 is 0 Å². The number of allylic oxidation sites excluding steroid dienone is 1. The number of methoxy groups -OCH3 is 1. The first-order chi connectivity index (χ1) is 21.6. The molecule has 0 amide bonds. The number of carboxylic acid groups (broad SMARTS) is 3. The van der Waals surface area contributed by atoms with Gasteiger partial charge >= 0.3 is 30.1 Å². The van der Waals surface area contributed by atoms with Gasteiger partial charge in [0.25, 0.3) is 0 Å². The molecule has 0 spiro atoms. The molecular formula is C33H35F3N2O8. The summed E-state index contributed by atoms with van der Waals surface area (Å²) < 4.78 is 44.6. The number of carbonyl (C=O) groups is 4. The van der Waals surface area contributed by atoms with E-state index in [1.54, 1.807) is 18.9 Å². The highest BCUT2D eigenvalue weighted by atomic mass is 19.4. The third-order valence-electron chi connectivity index (χ3n) is 7.94. The lowest BCUT2D eigenvalue weighted by Crippen LogP contribution is -2.36. The van der Waals surface area contributed by atoms with E-state index in [4.69, 9.17) is 14.9 Å². The molecule has 0 aromatic heterocycles. The Balaban J connectivity index is 0.000000637. The zero-order valence-electron chi connectivity index (χ0n) is 25.5. The van der Waals surface area contributed by atoms with Crippen LogP contribution < -0.4 is 0 Å². The molecule has 2 aliphatic rings. The quantitative estimate of drug-likeness (QED) is 0.273. The third-order valence-corrected chi connectivity index (χ3v) is 7.94. The molecule has 2 aromatic rings. The lowest BCUT2D eigenvalue weighted by atomic mass is 9.79. The predicted molar refractivity (Wildman–Crippen MR) is 161 cm³/mol. The van der Waals surface area contributed by atoms with Gasteiger partial charge in [-0.05, 0) is 48.6 Å². The number of aliphatic carboxylic acids is 3. The smallest absolute Gasteiger partial charge is 0.416 e. The van der Waals surface area contributed by atoms with E-state index in [0.29, 0.717) is 36.5 Å². The van der Waals surface area contributed by atoms with Gasteiger partial charge < -0.3 is 29.9 Å². The van der Waals surface area contributed by atoms with E-state index < -0.39 is 41.5 Å². The van der Waals surface area contributed by atoms with E-state index in [1.165, 1.54) is 30.4 Å². The second kappa shape index (κ2) is 15.4. The van der Waals surface area contributed by atoms with E-state index in [2.05, 4.69) is 17.0 Å². The molecule has 13 heteroatoms. The molecule has 3 N–H and O–H groups in total. The van der Waals surface area contributed by atoms with Crippen molar-refractivity contribution in [2.45, 2.75) is 38.3 Å². The molecule has 0 radical (unpaired) electrons. The van der Waals surface area contributed by atoms with Gasteiger partial charge in [-0.3, -0.25) is 0 Å². The van der Waals surface area contributed by atoms with E-state index in [9.17, 15) is 37.5 Å². The molecule has 2 heterocycles. The van der Waals surface area contributed by atoms with Crippen LogP contribution in [-0.2, 0) is 42.9 Å². The number of fused-ring (bicyclic) bond motifs is 1. The van der Waals surface area contributed by atoms with Gasteiger partial charge in [-0.2, -0.15) is 13.2 Å². The molecule has 0 fully saturated rings. The minimum absolute atomic E-state index is 0.0311. The summed E-state index contributed by atoms with van der Waals surface area (Å²) in [7, 11) is 2.90. The molecule has 246 valence electrons. The first kappa shape index (κ1) is 35.6. The predicted octanol–water partition coefficient (Wildman–Crippen LogP) is 4.72. The van der Waals surface area contributed by atoms with Crippen molar-refractivity contribution in [3.8, 4) is 0 Å². The summed E-state index contributed by atoms with van der Waals surface area (Å²) in [4.78, 5) is 48.6. The molecule has 46 heavy (non-hydrogen) atoms. The number of rotatable bonds is 8. The van der Waals surface area contributed by atoms with Crippen molar-refractivity contribution >= 4 is 23.9 Å². The number of hydrogen-bond donors (Lipinski definition) is 3. The lowest BCUT2D eigenvalue weighted by Gasteiger charge is -2.37. The normalized spacial score (nSPS) is 17.2. The topological polar surface area (TPSA) is 145 Å². The Morgan fingerprint density at radius 1 is 0.891 bits per heavy atom. The number of alkyl halides is 3. The number of carboxylic acids is 3. The van der Waals surface area contributed by atoms with Gasteiger partial charge in [0.05, 0.1) is 29.7 Å². The van der Waals surface area contributed by atoms with Gasteiger partial charge in [0, 0.05) is 56.6 Å². The number of carbonyl (C=O) groups excluding carboxylic acids is 1. The molecule has 4 rings (SSSR count). The van der Waals surface area contributed by atoms with E-state index in [-0.39, 0.29) is 16.7 Å². The van der Waals surface area contributed by atoms with Crippen molar-refractivity contribution in [3.63, 3.8) is 0 Å². The van der Waals surface area contributed by atoms with Crippen LogP contribution in [-0.4, -0.2) is 82.8 Å². The maximum atomic E-state index is 13.2. The molecule has 1 unspecified atom stereocenters. The van der Waals surface area contributed by atoms with Crippen LogP contribution in [0.1, 0.15) is 41.5 Å². The van der Waals surface area contributed by atoms with Crippen molar-refractivity contribution in [1.82, 2.24) is 9.80 Å². The van der Waals surface area contributed by atoms with Crippen molar-refractivity contribution in [1.29, 1.82) is 0 Å². The SMILES string of the molecule is COC(=O)C1=C(C)N(C)C(CCN2CCc3ccccc3CC2)=C(C(=O)O)C1c1ccc(C(F)(F)F)cc1.O=C(O)/C=C/C(=O)O. The monoisotopic (exact) mass is 644 g/mol. The summed E-state index contributed by atoms with van der Waals surface area (Å²) in [6, 6.07) is 12.6. The van der Waals surface area contributed by atoms with E-state index in [1.807, 2.05) is 12.1 Å². The number of halogens is 3. The van der Waals surface area contributed by atoms with Crippen LogP contribution in [0.2, 0.25) is 0 Å². The second-order valence-electron chi connectivity index (χ2n) is 10.6. The Hall–Kier alpha value is -4.91. The average molecular weight is 645 g/mol. The van der Waals surface area contributed by atoms with Crippen LogP contribution in [0.15, 0.2) is 83.2 Å². The molecule has 0 bridgehead atoms. The zero-order chi connectivity index (χ0) is 34.2. The number of hydrogen-bond acceptors (Lipinski definition) is 7. The molecule has 2 aliphatic heterocycles. The van der Waals surface area contributed by atoms with Gasteiger partial charge in [-0.15, -0.1) is 0 Å². The van der Waals surface area contributed by atoms with Crippen LogP contribution in [0.5, 0.6) is 0 Å². The van der Waals surface area contributed by atoms with Gasteiger partial charge in [0.15, 0.2) is 0 Å². The summed E-state index contributed by atoms with van der Waals surface area (Å²) >= 11 is 0. The highest BCUT2D eigenvalue weighted by Crippen LogP contribution is 2.43. The number of nitrogens with zero attached hydrogens (tertiary/aromatic N) is 2. The van der Waals surface area contributed by atoms with Crippen LogP contribution in [0.3, 0.4) is 0 Å². The Bertz CT molecular complexity index is 1520. The summed E-state index contributed by atoms with van der Waals surface area (Å²) in [5.41, 5.74) is 3.17. The largest absolute Gasteiger partial charge is 0.478 e. The maximum Gasteiger partial charge on any atom is 0.416 e. The number of benzene rings is 2. The first-order valence-corrected chi connectivity index (χ1v) is 14.2. The Labute approximate surface area is 263 Å². The van der Waals surface area contributed by atoms with Crippen LogP contribution in [0, 0.1) is 0 Å². The Kier molecular flexibility index (Phi) is 11.9. The Morgan fingerprint density at radius 2 is 1.41 bits per heavy atom. The number of ether oxygens (including phenoxy) is 1. The van der Waals surface area contributed by atoms with Gasteiger partial charge in [0.2, 0.25) is 0 Å². The highest BCUT2D eigenvalue weighted by molar-refractivity contribution is 5.99. The van der Waals surface area contributed by atoms with Crippen LogP contribution in [0.25, 0.3) is 0 Å². The minimum atomic E-state index is -4.54. The van der Waals surface area contributed by atoms with Gasteiger partial charge in [-0.25, -0.2) is 19.2 Å². The minimum Gasteiger partial charge on any atom is -0.478 e. The second-order valence-corrected chi connectivity index (χ2v) is 10.6.